The standard InChI is InChI=1S/C11H10NO.C7H7.Pt/c1-8-3-2-4-10-5-9(7-13)6-12-11(8)10;1-7-5-3-2-4-6-7;/h4-6H,2-3H2,1H3;2-6H,1H2;/q2*-1;+2. The normalized spacial score (nSPS) is 12.0. The fraction of sp³-hybridized carbons (Fsp3) is 0.167. The van der Waals surface area contributed by atoms with Gasteiger partial charge < -0.3 is 9.78 Å². The Labute approximate surface area is 139 Å². The first-order valence-electron chi connectivity index (χ1n) is 6.62. The molecule has 2 nitrogen and oxygen atoms in total. The molecule has 0 fully saturated rings. The second-order valence-corrected chi connectivity index (χ2v) is 4.77. The van der Waals surface area contributed by atoms with Gasteiger partial charge in [-0.2, -0.15) is 24.6 Å². The third kappa shape index (κ3) is 4.98. The first kappa shape index (κ1) is 17.4. The van der Waals surface area contributed by atoms with Gasteiger partial charge in [-0.15, -0.1) is 23.8 Å². The summed E-state index contributed by atoms with van der Waals surface area (Å²) in [4.78, 5) is 14.6. The molecule has 2 aromatic rings. The van der Waals surface area contributed by atoms with Crippen molar-refractivity contribution in [3.8, 4) is 0 Å². The molecule has 0 N–H and O–H groups in total. The molecule has 0 aliphatic heterocycles. The summed E-state index contributed by atoms with van der Waals surface area (Å²) in [5.41, 5.74) is 2.90. The zero-order valence-corrected chi connectivity index (χ0v) is 14.2. The molecule has 1 aromatic carbocycles. The van der Waals surface area contributed by atoms with Gasteiger partial charge in [-0.3, -0.25) is 0 Å². The van der Waals surface area contributed by atoms with Gasteiger partial charge in [0.25, 0.3) is 0 Å². The predicted octanol–water partition coefficient (Wildman–Crippen LogP) is 2.15. The maximum Gasteiger partial charge on any atom is 2.00 e. The van der Waals surface area contributed by atoms with E-state index in [1.807, 2.05) is 42.7 Å². The third-order valence-electron chi connectivity index (χ3n) is 3.17. The van der Waals surface area contributed by atoms with Crippen LogP contribution in [0.3, 0.4) is 0 Å². The number of nitrogens with zero attached hydrogens (tertiary/aromatic N) is 1. The number of aromatic nitrogens is 1. The molecular weight excluding hydrogens is 441 g/mol. The number of fused-ring (bicyclic) bond motifs is 1. The molecule has 1 aromatic heterocycles. The molecule has 0 unspecified atom stereocenters. The van der Waals surface area contributed by atoms with Gasteiger partial charge in [-0.05, 0) is 25.3 Å². The molecule has 0 amide bonds. The number of benzene rings is 1. The molecule has 3 heteroatoms. The Morgan fingerprint density at radius 1 is 1.24 bits per heavy atom. The largest absolute Gasteiger partial charge is 2.00 e. The first-order valence-corrected chi connectivity index (χ1v) is 6.62. The summed E-state index contributed by atoms with van der Waals surface area (Å²) in [6.07, 6.45) is 7.67. The fourth-order valence-corrected chi connectivity index (χ4v) is 2.09. The van der Waals surface area contributed by atoms with E-state index in [9.17, 15) is 4.79 Å². The summed E-state index contributed by atoms with van der Waals surface area (Å²) in [6, 6.07) is 11.7. The maximum absolute atomic E-state index is 10.4. The SMILES string of the molecule is CC1=c2ncc([C-]=O)cc2=CCC1.[CH2-]c1ccccc1.[Pt+2]. The maximum atomic E-state index is 10.4. The van der Waals surface area contributed by atoms with Crippen molar-refractivity contribution in [1.82, 2.24) is 4.98 Å². The average molecular weight is 458 g/mol. The van der Waals surface area contributed by atoms with Gasteiger partial charge in [0.15, 0.2) is 0 Å². The molecule has 0 saturated carbocycles. The Kier molecular flexibility index (Phi) is 7.11. The molecule has 110 valence electrons. The number of hydrogen-bond acceptors (Lipinski definition) is 2. The summed E-state index contributed by atoms with van der Waals surface area (Å²) in [5.74, 6) is 0. The molecule has 0 spiro atoms. The van der Waals surface area contributed by atoms with Crippen molar-refractivity contribution in [3.63, 3.8) is 0 Å². The van der Waals surface area contributed by atoms with Crippen LogP contribution in [-0.2, 0) is 25.9 Å². The van der Waals surface area contributed by atoms with Gasteiger partial charge in [0.1, 0.15) is 0 Å². The minimum Gasteiger partial charge on any atom is -0.376 e. The van der Waals surface area contributed by atoms with Crippen LogP contribution in [0, 0.1) is 6.92 Å². The fourth-order valence-electron chi connectivity index (χ4n) is 2.09. The van der Waals surface area contributed by atoms with E-state index in [4.69, 9.17) is 0 Å². The van der Waals surface area contributed by atoms with Crippen LogP contribution in [0.1, 0.15) is 30.9 Å². The molecule has 1 aliphatic rings. The van der Waals surface area contributed by atoms with E-state index in [0.29, 0.717) is 5.56 Å². The summed E-state index contributed by atoms with van der Waals surface area (Å²) in [6.45, 7) is 5.81. The van der Waals surface area contributed by atoms with Crippen LogP contribution in [0.4, 0.5) is 0 Å². The molecular formula is C18H17NOPt. The van der Waals surface area contributed by atoms with Crippen LogP contribution in [0.25, 0.3) is 11.6 Å². The van der Waals surface area contributed by atoms with Gasteiger partial charge in [-0.25, -0.2) is 0 Å². The molecule has 0 saturated heterocycles. The second kappa shape index (κ2) is 8.59. The van der Waals surface area contributed by atoms with E-state index in [-0.39, 0.29) is 21.1 Å². The summed E-state index contributed by atoms with van der Waals surface area (Å²) < 4.78 is 0. The van der Waals surface area contributed by atoms with Crippen LogP contribution in [-0.4, -0.2) is 11.3 Å². The number of carbonyl (C=O) groups excluding carboxylic acids is 1. The molecule has 21 heavy (non-hydrogen) atoms. The number of hydrogen-bond donors (Lipinski definition) is 0. The van der Waals surface area contributed by atoms with Crippen LogP contribution in [0.15, 0.2) is 42.6 Å². The minimum atomic E-state index is 0. The Balaban J connectivity index is 0.000000236. The molecule has 3 rings (SSSR count). The average Bonchev–Trinajstić information content (AvgIpc) is 2.48. The van der Waals surface area contributed by atoms with Crippen molar-refractivity contribution >= 4 is 17.9 Å². The molecule has 0 atom stereocenters. The van der Waals surface area contributed by atoms with Crippen LogP contribution >= 0.6 is 0 Å². The van der Waals surface area contributed by atoms with Gasteiger partial charge in [0.2, 0.25) is 0 Å². The van der Waals surface area contributed by atoms with Crippen molar-refractivity contribution < 1.29 is 25.9 Å². The molecule has 1 aliphatic carbocycles. The zero-order chi connectivity index (χ0) is 14.4. The smallest absolute Gasteiger partial charge is 0.376 e. The Hall–Kier alpha value is -1.66. The summed E-state index contributed by atoms with van der Waals surface area (Å²) >= 11 is 0. The Morgan fingerprint density at radius 3 is 2.52 bits per heavy atom. The van der Waals surface area contributed by atoms with Crippen molar-refractivity contribution in [2.75, 3.05) is 0 Å². The monoisotopic (exact) mass is 458 g/mol. The zero-order valence-electron chi connectivity index (χ0n) is 11.9. The van der Waals surface area contributed by atoms with E-state index < -0.39 is 0 Å². The first-order chi connectivity index (χ1) is 9.70. The third-order valence-corrected chi connectivity index (χ3v) is 3.17. The number of pyridine rings is 1. The van der Waals surface area contributed by atoms with Crippen molar-refractivity contribution in [1.29, 1.82) is 0 Å². The van der Waals surface area contributed by atoms with E-state index in [1.54, 1.807) is 6.20 Å². The van der Waals surface area contributed by atoms with Crippen molar-refractivity contribution in [2.24, 2.45) is 0 Å². The van der Waals surface area contributed by atoms with Crippen LogP contribution < -0.4 is 10.6 Å². The van der Waals surface area contributed by atoms with Crippen molar-refractivity contribution in [2.45, 2.75) is 19.8 Å². The van der Waals surface area contributed by atoms with Gasteiger partial charge in [0.05, 0.1) is 6.29 Å². The van der Waals surface area contributed by atoms with Gasteiger partial charge >= 0.3 is 21.1 Å². The van der Waals surface area contributed by atoms with E-state index in [2.05, 4.69) is 24.9 Å². The summed E-state index contributed by atoms with van der Waals surface area (Å²) in [5, 5.41) is 2.11. The van der Waals surface area contributed by atoms with Crippen molar-refractivity contribution in [3.05, 3.63) is 71.2 Å². The molecule has 0 bridgehead atoms. The number of rotatable bonds is 1. The Bertz CT molecular complexity index is 708. The molecule has 1 heterocycles. The van der Waals surface area contributed by atoms with Crippen LogP contribution in [0.5, 0.6) is 0 Å². The summed E-state index contributed by atoms with van der Waals surface area (Å²) in [7, 11) is 0. The van der Waals surface area contributed by atoms with E-state index in [1.165, 1.54) is 5.57 Å². The quantitative estimate of drug-likeness (QED) is 0.614. The van der Waals surface area contributed by atoms with E-state index >= 15 is 0 Å². The molecule has 0 radical (unpaired) electrons. The topological polar surface area (TPSA) is 30.0 Å². The predicted molar refractivity (Wildman–Crippen MR) is 82.0 cm³/mol. The van der Waals surface area contributed by atoms with E-state index in [0.717, 1.165) is 29.0 Å². The second-order valence-electron chi connectivity index (χ2n) is 4.77. The minimum absolute atomic E-state index is 0. The Morgan fingerprint density at radius 2 is 1.95 bits per heavy atom. The van der Waals surface area contributed by atoms with Crippen LogP contribution in [0.2, 0.25) is 0 Å². The van der Waals surface area contributed by atoms with Gasteiger partial charge in [-0.1, -0.05) is 23.6 Å². The van der Waals surface area contributed by atoms with Gasteiger partial charge in [0, 0.05) is 5.35 Å².